The summed E-state index contributed by atoms with van der Waals surface area (Å²) in [6.45, 7) is 6.08. The molecule has 16 heavy (non-hydrogen) atoms. The molecular formula is C13H17N3. The van der Waals surface area contributed by atoms with Gasteiger partial charge in [0.05, 0.1) is 17.7 Å². The summed E-state index contributed by atoms with van der Waals surface area (Å²) < 4.78 is 2.09. The van der Waals surface area contributed by atoms with E-state index < -0.39 is 0 Å². The molecule has 0 unspecified atom stereocenters. The molecule has 0 bridgehead atoms. The molecule has 0 aliphatic carbocycles. The summed E-state index contributed by atoms with van der Waals surface area (Å²) in [4.78, 5) is 4.32. The number of aryl methyl sites for hydroxylation is 1. The molecule has 2 rings (SSSR count). The molecule has 1 heterocycles. The molecule has 0 aliphatic heterocycles. The van der Waals surface area contributed by atoms with Crippen molar-refractivity contribution in [1.29, 1.82) is 0 Å². The second-order valence-corrected chi connectivity index (χ2v) is 4.13. The van der Waals surface area contributed by atoms with E-state index >= 15 is 0 Å². The molecule has 2 aromatic rings. The summed E-state index contributed by atoms with van der Waals surface area (Å²) in [5.74, 6) is 0. The van der Waals surface area contributed by atoms with Gasteiger partial charge in [-0.05, 0) is 32.4 Å². The van der Waals surface area contributed by atoms with E-state index in [1.165, 1.54) is 0 Å². The molecule has 0 fully saturated rings. The summed E-state index contributed by atoms with van der Waals surface area (Å²) in [6.07, 6.45) is 1.85. The van der Waals surface area contributed by atoms with Gasteiger partial charge in [0, 0.05) is 11.7 Å². The highest BCUT2D eigenvalue weighted by atomic mass is 15.1. The minimum atomic E-state index is 0.0262. The maximum atomic E-state index is 5.98. The Kier molecular flexibility index (Phi) is 2.79. The lowest BCUT2D eigenvalue weighted by Crippen LogP contribution is -2.10. The topological polar surface area (TPSA) is 43.8 Å². The Morgan fingerprint density at radius 2 is 1.94 bits per heavy atom. The number of nitrogens with two attached hydrogens (primary N) is 1. The summed E-state index contributed by atoms with van der Waals surface area (Å²) in [7, 11) is 0. The quantitative estimate of drug-likeness (QED) is 0.836. The summed E-state index contributed by atoms with van der Waals surface area (Å²) >= 11 is 0. The van der Waals surface area contributed by atoms with E-state index in [1.807, 2.05) is 32.3 Å². The molecule has 0 amide bonds. The molecule has 0 saturated carbocycles. The third kappa shape index (κ3) is 1.74. The van der Waals surface area contributed by atoms with Gasteiger partial charge in [0.25, 0.3) is 0 Å². The molecule has 84 valence electrons. The van der Waals surface area contributed by atoms with Crippen LogP contribution >= 0.6 is 0 Å². The van der Waals surface area contributed by atoms with Crippen LogP contribution in [0.1, 0.15) is 29.9 Å². The van der Waals surface area contributed by atoms with Crippen molar-refractivity contribution in [2.45, 2.75) is 26.8 Å². The van der Waals surface area contributed by atoms with E-state index in [-0.39, 0.29) is 6.04 Å². The lowest BCUT2D eigenvalue weighted by molar-refractivity contribution is 0.800. The molecule has 1 aromatic carbocycles. The number of aromatic nitrogens is 2. The summed E-state index contributed by atoms with van der Waals surface area (Å²) in [5.41, 5.74) is 10.5. The van der Waals surface area contributed by atoms with Crippen LogP contribution in [0.3, 0.4) is 0 Å². The fraction of sp³-hybridized carbons (Fsp3) is 0.308. The Hall–Kier alpha value is -1.61. The number of hydrogen-bond acceptors (Lipinski definition) is 2. The van der Waals surface area contributed by atoms with Gasteiger partial charge in [0.1, 0.15) is 0 Å². The van der Waals surface area contributed by atoms with Crippen LogP contribution < -0.4 is 5.73 Å². The Morgan fingerprint density at radius 3 is 2.50 bits per heavy atom. The zero-order valence-corrected chi connectivity index (χ0v) is 9.94. The largest absolute Gasteiger partial charge is 0.324 e. The number of benzene rings is 1. The highest BCUT2D eigenvalue weighted by Crippen LogP contribution is 2.22. The van der Waals surface area contributed by atoms with Crippen LogP contribution in [0.4, 0.5) is 0 Å². The Bertz CT molecular complexity index is 498. The highest BCUT2D eigenvalue weighted by molar-refractivity contribution is 5.44. The minimum absolute atomic E-state index is 0.0262. The van der Waals surface area contributed by atoms with Crippen LogP contribution in [0, 0.1) is 13.8 Å². The van der Waals surface area contributed by atoms with Crippen molar-refractivity contribution in [2.24, 2.45) is 5.73 Å². The van der Waals surface area contributed by atoms with Crippen LogP contribution in [0.2, 0.25) is 0 Å². The van der Waals surface area contributed by atoms with Crippen LogP contribution in [-0.4, -0.2) is 9.55 Å². The molecule has 3 nitrogen and oxygen atoms in total. The van der Waals surface area contributed by atoms with Crippen LogP contribution in [-0.2, 0) is 0 Å². The van der Waals surface area contributed by atoms with E-state index in [0.29, 0.717) is 0 Å². The summed E-state index contributed by atoms with van der Waals surface area (Å²) in [5, 5.41) is 0. The van der Waals surface area contributed by atoms with Crippen molar-refractivity contribution in [2.75, 3.05) is 0 Å². The molecule has 1 atom stereocenters. The molecule has 0 saturated heterocycles. The third-order valence-electron chi connectivity index (χ3n) is 2.94. The fourth-order valence-electron chi connectivity index (χ4n) is 1.83. The average molecular weight is 215 g/mol. The van der Waals surface area contributed by atoms with Crippen molar-refractivity contribution in [3.05, 3.63) is 47.5 Å². The first-order valence-corrected chi connectivity index (χ1v) is 5.46. The number of hydrogen-bond donors (Lipinski definition) is 1. The second-order valence-electron chi connectivity index (χ2n) is 4.13. The SMILES string of the molecule is Cc1ncn(-c2ccccc2[C@H](C)N)c1C. The zero-order valence-electron chi connectivity index (χ0n) is 9.94. The normalized spacial score (nSPS) is 12.8. The van der Waals surface area contributed by atoms with Crippen LogP contribution in [0.5, 0.6) is 0 Å². The van der Waals surface area contributed by atoms with Crippen LogP contribution in [0.15, 0.2) is 30.6 Å². The number of imidazole rings is 1. The first-order chi connectivity index (χ1) is 7.61. The number of nitrogens with zero attached hydrogens (tertiary/aromatic N) is 2. The average Bonchev–Trinajstić information content (AvgIpc) is 2.60. The monoisotopic (exact) mass is 215 g/mol. The molecular weight excluding hydrogens is 198 g/mol. The Balaban J connectivity index is 2.60. The van der Waals surface area contributed by atoms with Gasteiger partial charge in [0.15, 0.2) is 0 Å². The number of para-hydroxylation sites is 1. The maximum Gasteiger partial charge on any atom is 0.0997 e. The van der Waals surface area contributed by atoms with Gasteiger partial charge in [-0.3, -0.25) is 0 Å². The fourth-order valence-corrected chi connectivity index (χ4v) is 1.83. The van der Waals surface area contributed by atoms with E-state index in [9.17, 15) is 0 Å². The maximum absolute atomic E-state index is 5.98. The van der Waals surface area contributed by atoms with Crippen molar-refractivity contribution >= 4 is 0 Å². The Labute approximate surface area is 95.9 Å². The first-order valence-electron chi connectivity index (χ1n) is 5.46. The van der Waals surface area contributed by atoms with Crippen molar-refractivity contribution in [3.8, 4) is 5.69 Å². The van der Waals surface area contributed by atoms with E-state index in [2.05, 4.69) is 28.6 Å². The highest BCUT2D eigenvalue weighted by Gasteiger charge is 2.10. The van der Waals surface area contributed by atoms with Gasteiger partial charge < -0.3 is 10.3 Å². The van der Waals surface area contributed by atoms with Gasteiger partial charge in [-0.25, -0.2) is 4.98 Å². The smallest absolute Gasteiger partial charge is 0.0997 e. The molecule has 0 aliphatic rings. The van der Waals surface area contributed by atoms with Crippen LogP contribution in [0.25, 0.3) is 5.69 Å². The van der Waals surface area contributed by atoms with Gasteiger partial charge in [-0.15, -0.1) is 0 Å². The lowest BCUT2D eigenvalue weighted by atomic mass is 10.1. The Morgan fingerprint density at radius 1 is 1.25 bits per heavy atom. The van der Waals surface area contributed by atoms with Gasteiger partial charge in [-0.2, -0.15) is 0 Å². The van der Waals surface area contributed by atoms with Gasteiger partial charge >= 0.3 is 0 Å². The molecule has 3 heteroatoms. The van der Waals surface area contributed by atoms with Crippen molar-refractivity contribution in [1.82, 2.24) is 9.55 Å². The number of rotatable bonds is 2. The third-order valence-corrected chi connectivity index (χ3v) is 2.94. The van der Waals surface area contributed by atoms with Gasteiger partial charge in [-0.1, -0.05) is 18.2 Å². The second kappa shape index (κ2) is 4.10. The molecule has 0 spiro atoms. The van der Waals surface area contributed by atoms with Crippen molar-refractivity contribution < 1.29 is 0 Å². The predicted molar refractivity (Wildman–Crippen MR) is 65.6 cm³/mol. The predicted octanol–water partition coefficient (Wildman–Crippen LogP) is 2.51. The standard InChI is InChI=1S/C13H17N3/c1-9(14)12-6-4-5-7-13(12)16-8-15-10(2)11(16)3/h4-9H,14H2,1-3H3/t9-/m0/s1. The van der Waals surface area contributed by atoms with E-state index in [4.69, 9.17) is 5.73 Å². The zero-order chi connectivity index (χ0) is 11.7. The van der Waals surface area contributed by atoms with E-state index in [0.717, 1.165) is 22.6 Å². The first kappa shape index (κ1) is 10.9. The lowest BCUT2D eigenvalue weighted by Gasteiger charge is -2.14. The molecule has 1 aromatic heterocycles. The minimum Gasteiger partial charge on any atom is -0.324 e. The molecule has 2 N–H and O–H groups in total. The van der Waals surface area contributed by atoms with Crippen molar-refractivity contribution in [3.63, 3.8) is 0 Å². The molecule has 0 radical (unpaired) electrons. The summed E-state index contributed by atoms with van der Waals surface area (Å²) in [6, 6.07) is 8.21. The van der Waals surface area contributed by atoms with E-state index in [1.54, 1.807) is 0 Å². The van der Waals surface area contributed by atoms with Gasteiger partial charge in [0.2, 0.25) is 0 Å².